The Hall–Kier alpha value is -2.44. The SMILES string of the molecule is CCc1nc([C@@H]2CCCN2C(=O)c2ccc(C)[nH]c2=O)no1. The van der Waals surface area contributed by atoms with E-state index in [1.807, 2.05) is 6.92 Å². The Balaban J connectivity index is 1.89. The number of hydrogen-bond donors (Lipinski definition) is 1. The fourth-order valence-corrected chi connectivity index (χ4v) is 2.72. The third-order valence-corrected chi connectivity index (χ3v) is 3.88. The van der Waals surface area contributed by atoms with Gasteiger partial charge in [-0.15, -0.1) is 0 Å². The van der Waals surface area contributed by atoms with Crippen LogP contribution >= 0.6 is 0 Å². The van der Waals surface area contributed by atoms with Crippen molar-refractivity contribution in [3.63, 3.8) is 0 Å². The largest absolute Gasteiger partial charge is 0.339 e. The van der Waals surface area contributed by atoms with Crippen molar-refractivity contribution < 1.29 is 9.32 Å². The highest BCUT2D eigenvalue weighted by molar-refractivity contribution is 5.94. The molecule has 7 nitrogen and oxygen atoms in total. The maximum atomic E-state index is 12.7. The second-order valence-corrected chi connectivity index (χ2v) is 5.44. The van der Waals surface area contributed by atoms with Gasteiger partial charge >= 0.3 is 0 Å². The third-order valence-electron chi connectivity index (χ3n) is 3.88. The van der Waals surface area contributed by atoms with Gasteiger partial charge in [-0.1, -0.05) is 12.1 Å². The zero-order valence-corrected chi connectivity index (χ0v) is 12.6. The Morgan fingerprint density at radius 3 is 3.00 bits per heavy atom. The number of pyridine rings is 1. The molecule has 0 saturated carbocycles. The van der Waals surface area contributed by atoms with Gasteiger partial charge in [0.1, 0.15) is 5.56 Å². The van der Waals surface area contributed by atoms with E-state index in [0.717, 1.165) is 18.5 Å². The summed E-state index contributed by atoms with van der Waals surface area (Å²) in [5, 5.41) is 3.97. The number of carbonyl (C=O) groups is 1. The van der Waals surface area contributed by atoms with Crippen LogP contribution in [0.1, 0.15) is 53.6 Å². The van der Waals surface area contributed by atoms with Gasteiger partial charge in [0, 0.05) is 18.7 Å². The minimum absolute atomic E-state index is 0.150. The Bertz CT molecular complexity index is 749. The molecule has 2 aromatic rings. The molecular weight excluding hydrogens is 284 g/mol. The minimum atomic E-state index is -0.363. The molecule has 1 aliphatic heterocycles. The van der Waals surface area contributed by atoms with E-state index >= 15 is 0 Å². The van der Waals surface area contributed by atoms with Crippen molar-refractivity contribution in [2.24, 2.45) is 0 Å². The molecule has 0 radical (unpaired) electrons. The number of hydrogen-bond acceptors (Lipinski definition) is 5. The van der Waals surface area contributed by atoms with E-state index in [1.54, 1.807) is 24.0 Å². The van der Waals surface area contributed by atoms with Crippen molar-refractivity contribution in [3.8, 4) is 0 Å². The van der Waals surface area contributed by atoms with Gasteiger partial charge in [-0.2, -0.15) is 4.98 Å². The number of rotatable bonds is 3. The molecule has 0 spiro atoms. The summed E-state index contributed by atoms with van der Waals surface area (Å²) in [6, 6.07) is 3.07. The molecule has 0 aliphatic carbocycles. The van der Waals surface area contributed by atoms with Crippen molar-refractivity contribution in [3.05, 3.63) is 45.5 Å². The number of amides is 1. The van der Waals surface area contributed by atoms with E-state index in [4.69, 9.17) is 4.52 Å². The molecule has 1 aliphatic rings. The van der Waals surface area contributed by atoms with Crippen LogP contribution in [0.2, 0.25) is 0 Å². The fraction of sp³-hybridized carbons (Fsp3) is 0.467. The van der Waals surface area contributed by atoms with Gasteiger partial charge in [-0.3, -0.25) is 9.59 Å². The molecule has 0 unspecified atom stereocenters. The number of H-pyrrole nitrogens is 1. The minimum Gasteiger partial charge on any atom is -0.339 e. The highest BCUT2D eigenvalue weighted by Gasteiger charge is 2.34. The summed E-state index contributed by atoms with van der Waals surface area (Å²) in [6.07, 6.45) is 2.29. The van der Waals surface area contributed by atoms with Crippen LogP contribution in [0.4, 0.5) is 0 Å². The van der Waals surface area contributed by atoms with Crippen LogP contribution in [-0.4, -0.2) is 32.5 Å². The molecule has 0 bridgehead atoms. The van der Waals surface area contributed by atoms with E-state index in [0.29, 0.717) is 24.7 Å². The molecule has 116 valence electrons. The number of aryl methyl sites for hydroxylation is 2. The summed E-state index contributed by atoms with van der Waals surface area (Å²) >= 11 is 0. The Labute approximate surface area is 127 Å². The van der Waals surface area contributed by atoms with E-state index < -0.39 is 0 Å². The Morgan fingerprint density at radius 2 is 2.32 bits per heavy atom. The molecule has 1 N–H and O–H groups in total. The summed E-state index contributed by atoms with van der Waals surface area (Å²) < 4.78 is 5.13. The van der Waals surface area contributed by atoms with Gasteiger partial charge in [-0.25, -0.2) is 0 Å². The van der Waals surface area contributed by atoms with Gasteiger partial charge < -0.3 is 14.4 Å². The lowest BCUT2D eigenvalue weighted by Gasteiger charge is -2.21. The molecular formula is C15H18N4O3. The van der Waals surface area contributed by atoms with Gasteiger partial charge in [0.15, 0.2) is 5.82 Å². The third kappa shape index (κ3) is 2.54. The van der Waals surface area contributed by atoms with E-state index in [9.17, 15) is 9.59 Å². The van der Waals surface area contributed by atoms with Gasteiger partial charge in [0.2, 0.25) is 5.89 Å². The predicted molar refractivity (Wildman–Crippen MR) is 78.5 cm³/mol. The number of nitrogens with zero attached hydrogens (tertiary/aromatic N) is 3. The van der Waals surface area contributed by atoms with Crippen LogP contribution in [0, 0.1) is 6.92 Å². The van der Waals surface area contributed by atoms with Crippen LogP contribution in [0.3, 0.4) is 0 Å². The highest BCUT2D eigenvalue weighted by Crippen LogP contribution is 2.31. The summed E-state index contributed by atoms with van der Waals surface area (Å²) in [6.45, 7) is 4.30. The van der Waals surface area contributed by atoms with Crippen LogP contribution in [0.15, 0.2) is 21.5 Å². The second kappa shape index (κ2) is 5.75. The lowest BCUT2D eigenvalue weighted by atomic mass is 10.2. The smallest absolute Gasteiger partial charge is 0.260 e. The van der Waals surface area contributed by atoms with E-state index in [1.165, 1.54) is 0 Å². The van der Waals surface area contributed by atoms with E-state index in [-0.39, 0.29) is 23.1 Å². The fourth-order valence-electron chi connectivity index (χ4n) is 2.72. The molecule has 2 aromatic heterocycles. The number of likely N-dealkylation sites (tertiary alicyclic amines) is 1. The Kier molecular flexibility index (Phi) is 3.79. The van der Waals surface area contributed by atoms with Crippen LogP contribution in [0.25, 0.3) is 0 Å². The first-order chi connectivity index (χ1) is 10.6. The molecule has 22 heavy (non-hydrogen) atoms. The van der Waals surface area contributed by atoms with E-state index in [2.05, 4.69) is 15.1 Å². The zero-order valence-electron chi connectivity index (χ0n) is 12.6. The molecule has 1 saturated heterocycles. The van der Waals surface area contributed by atoms with Crippen molar-refractivity contribution >= 4 is 5.91 Å². The summed E-state index contributed by atoms with van der Waals surface area (Å²) in [4.78, 5) is 33.3. The summed E-state index contributed by atoms with van der Waals surface area (Å²) in [7, 11) is 0. The van der Waals surface area contributed by atoms with Crippen molar-refractivity contribution in [2.45, 2.75) is 39.2 Å². The monoisotopic (exact) mass is 302 g/mol. The molecule has 0 aromatic carbocycles. The predicted octanol–water partition coefficient (Wildman–Crippen LogP) is 1.61. The first-order valence-corrected chi connectivity index (χ1v) is 7.43. The first-order valence-electron chi connectivity index (χ1n) is 7.43. The zero-order chi connectivity index (χ0) is 15.7. The molecule has 1 fully saturated rings. The summed E-state index contributed by atoms with van der Waals surface area (Å²) in [5.74, 6) is 0.792. The second-order valence-electron chi connectivity index (χ2n) is 5.44. The topological polar surface area (TPSA) is 92.1 Å². The highest BCUT2D eigenvalue weighted by atomic mass is 16.5. The number of aromatic nitrogens is 3. The van der Waals surface area contributed by atoms with Crippen molar-refractivity contribution in [1.29, 1.82) is 0 Å². The van der Waals surface area contributed by atoms with Crippen molar-refractivity contribution in [1.82, 2.24) is 20.0 Å². The molecule has 3 rings (SSSR count). The molecule has 3 heterocycles. The Morgan fingerprint density at radius 1 is 1.50 bits per heavy atom. The van der Waals surface area contributed by atoms with Crippen LogP contribution in [0.5, 0.6) is 0 Å². The normalized spacial score (nSPS) is 17.9. The molecule has 1 atom stereocenters. The molecule has 1 amide bonds. The van der Waals surface area contributed by atoms with Gasteiger partial charge in [-0.05, 0) is 31.9 Å². The van der Waals surface area contributed by atoms with Crippen molar-refractivity contribution in [2.75, 3.05) is 6.54 Å². The maximum Gasteiger partial charge on any atom is 0.260 e. The summed E-state index contributed by atoms with van der Waals surface area (Å²) in [5.41, 5.74) is 0.514. The average Bonchev–Trinajstić information content (AvgIpc) is 3.15. The number of nitrogens with one attached hydrogen (secondary N) is 1. The standard InChI is InChI=1S/C15H18N4O3/c1-3-12-17-13(18-22-12)11-5-4-8-19(11)15(21)10-7-6-9(2)16-14(10)20/h6-7,11H,3-5,8H2,1-2H3,(H,16,20)/t11-/m0/s1. The lowest BCUT2D eigenvalue weighted by molar-refractivity contribution is 0.0726. The maximum absolute atomic E-state index is 12.7. The molecule has 7 heteroatoms. The lowest BCUT2D eigenvalue weighted by Crippen LogP contribution is -2.34. The average molecular weight is 302 g/mol. The van der Waals surface area contributed by atoms with Gasteiger partial charge in [0.25, 0.3) is 11.5 Å². The quantitative estimate of drug-likeness (QED) is 0.929. The van der Waals surface area contributed by atoms with Gasteiger partial charge in [0.05, 0.1) is 6.04 Å². The van der Waals surface area contributed by atoms with Crippen LogP contribution < -0.4 is 5.56 Å². The first kappa shape index (κ1) is 14.5. The van der Waals surface area contributed by atoms with Crippen LogP contribution in [-0.2, 0) is 6.42 Å². The number of aromatic amines is 1. The number of carbonyl (C=O) groups excluding carboxylic acids is 1.